The lowest BCUT2D eigenvalue weighted by Gasteiger charge is -2.18. The molecule has 0 aliphatic heterocycles. The molecule has 3 rings (SSSR count). The number of rotatable bonds is 12. The zero-order valence-electron chi connectivity index (χ0n) is 21.6. The number of hydrogen-bond donors (Lipinski definition) is 5. The average Bonchev–Trinajstić information content (AvgIpc) is 2.93. The van der Waals surface area contributed by atoms with E-state index in [-0.39, 0.29) is 30.4 Å². The molecule has 3 aromatic carbocycles. The van der Waals surface area contributed by atoms with Gasteiger partial charge in [0.25, 0.3) is 0 Å². The van der Waals surface area contributed by atoms with Crippen LogP contribution in [0.1, 0.15) is 16.7 Å². The van der Waals surface area contributed by atoms with Crippen LogP contribution in [-0.4, -0.2) is 53.1 Å². The van der Waals surface area contributed by atoms with E-state index in [4.69, 9.17) is 5.73 Å². The third kappa shape index (κ3) is 10.3. The lowest BCUT2D eigenvalue weighted by atomic mass is 10.1. The van der Waals surface area contributed by atoms with Crippen LogP contribution in [0.3, 0.4) is 0 Å². The number of hydrogen-bond acceptors (Lipinski definition) is 7. The van der Waals surface area contributed by atoms with Gasteiger partial charge in [-0.2, -0.15) is 0 Å². The summed E-state index contributed by atoms with van der Waals surface area (Å²) in [7, 11) is 0. The predicted molar refractivity (Wildman–Crippen MR) is 150 cm³/mol. The van der Waals surface area contributed by atoms with Gasteiger partial charge < -0.3 is 26.8 Å². The van der Waals surface area contributed by atoms with Gasteiger partial charge in [0.2, 0.25) is 22.8 Å². The van der Waals surface area contributed by atoms with Gasteiger partial charge in [-0.3, -0.25) is 19.2 Å². The first-order chi connectivity index (χ1) is 18.7. The predicted octanol–water partition coefficient (Wildman–Crippen LogP) is 1.85. The van der Waals surface area contributed by atoms with E-state index >= 15 is 0 Å². The summed E-state index contributed by atoms with van der Waals surface area (Å²) in [6.45, 7) is 1.24. The maximum atomic E-state index is 13.1. The van der Waals surface area contributed by atoms with Crippen LogP contribution >= 0.6 is 11.8 Å². The Bertz CT molecular complexity index is 1270. The topological polar surface area (TPSA) is 151 Å². The van der Waals surface area contributed by atoms with Crippen LogP contribution in [0.2, 0.25) is 0 Å². The second kappa shape index (κ2) is 14.7. The van der Waals surface area contributed by atoms with E-state index < -0.39 is 29.8 Å². The van der Waals surface area contributed by atoms with E-state index in [0.717, 1.165) is 33.3 Å². The second-order valence-corrected chi connectivity index (χ2v) is 10.1. The maximum absolute atomic E-state index is 13.1. The van der Waals surface area contributed by atoms with Crippen molar-refractivity contribution < 1.29 is 24.3 Å². The van der Waals surface area contributed by atoms with Crippen molar-refractivity contribution in [2.45, 2.75) is 36.7 Å². The molecule has 3 aromatic rings. The van der Waals surface area contributed by atoms with Crippen molar-refractivity contribution in [2.75, 3.05) is 13.1 Å². The number of thioether (sulfide) groups is 1. The molecule has 2 atom stereocenters. The van der Waals surface area contributed by atoms with E-state index in [1.54, 1.807) is 12.1 Å². The number of benzene rings is 3. The quantitative estimate of drug-likeness (QED) is 0.217. The Balaban J connectivity index is 1.48. The molecule has 0 unspecified atom stereocenters. The Kier molecular flexibility index (Phi) is 11.1. The minimum atomic E-state index is -0.888. The van der Waals surface area contributed by atoms with Gasteiger partial charge in [0.1, 0.15) is 11.8 Å². The molecule has 39 heavy (non-hydrogen) atoms. The highest BCUT2D eigenvalue weighted by Gasteiger charge is 2.23. The van der Waals surface area contributed by atoms with Crippen molar-refractivity contribution in [3.05, 3.63) is 95.6 Å². The van der Waals surface area contributed by atoms with Gasteiger partial charge in [-0.25, -0.2) is 0 Å². The third-order valence-electron chi connectivity index (χ3n) is 5.74. The first-order valence-corrected chi connectivity index (χ1v) is 13.2. The van der Waals surface area contributed by atoms with Gasteiger partial charge in [0.15, 0.2) is 0 Å². The SMILES string of the molecule is Cc1ccc(SC(=O)[C@H](Cc2ccccc2)NC(=O)CNC(=O)CNC(=O)[C@@H](N)Cc2ccc(O)cc2)cc1. The molecule has 0 spiro atoms. The number of phenolic OH excluding ortho intramolecular Hbond substituents is 1. The molecule has 0 bridgehead atoms. The minimum absolute atomic E-state index is 0.109. The molecule has 0 saturated heterocycles. The lowest BCUT2D eigenvalue weighted by Crippen LogP contribution is -2.49. The van der Waals surface area contributed by atoms with Crippen molar-refractivity contribution in [1.29, 1.82) is 0 Å². The van der Waals surface area contributed by atoms with Crippen molar-refractivity contribution in [3.8, 4) is 5.75 Å². The monoisotopic (exact) mass is 548 g/mol. The molecule has 10 heteroatoms. The zero-order valence-corrected chi connectivity index (χ0v) is 22.4. The summed E-state index contributed by atoms with van der Waals surface area (Å²) < 4.78 is 0. The first kappa shape index (κ1) is 29.4. The number of carbonyl (C=O) groups excluding carboxylic acids is 4. The summed E-state index contributed by atoms with van der Waals surface area (Å²) in [5, 5.41) is 16.7. The molecule has 204 valence electrons. The number of nitrogens with two attached hydrogens (primary N) is 1. The molecule has 6 N–H and O–H groups in total. The highest BCUT2D eigenvalue weighted by molar-refractivity contribution is 8.13. The molecule has 0 saturated carbocycles. The molecule has 0 aromatic heterocycles. The van der Waals surface area contributed by atoms with Gasteiger partial charge in [-0.1, -0.05) is 60.2 Å². The summed E-state index contributed by atoms with van der Waals surface area (Å²) in [6, 6.07) is 21.5. The average molecular weight is 549 g/mol. The fourth-order valence-corrected chi connectivity index (χ4v) is 4.39. The van der Waals surface area contributed by atoms with Crippen LogP contribution in [0.4, 0.5) is 0 Å². The molecule has 0 fully saturated rings. The van der Waals surface area contributed by atoms with Crippen LogP contribution in [-0.2, 0) is 32.0 Å². The molecule has 0 aliphatic rings. The number of carbonyl (C=O) groups is 4. The number of amides is 3. The Hall–Kier alpha value is -4.15. The van der Waals surface area contributed by atoms with Crippen molar-refractivity contribution in [2.24, 2.45) is 5.73 Å². The van der Waals surface area contributed by atoms with E-state index in [1.165, 1.54) is 12.1 Å². The smallest absolute Gasteiger partial charge is 0.240 e. The van der Waals surface area contributed by atoms with Gasteiger partial charge in [0, 0.05) is 11.3 Å². The van der Waals surface area contributed by atoms with Crippen molar-refractivity contribution in [1.82, 2.24) is 16.0 Å². The molecule has 0 radical (unpaired) electrons. The number of nitrogens with one attached hydrogen (secondary N) is 3. The molecular formula is C29H32N4O5S. The van der Waals surface area contributed by atoms with Crippen LogP contribution in [0.25, 0.3) is 0 Å². The summed E-state index contributed by atoms with van der Waals surface area (Å²) in [5.74, 6) is -1.52. The number of phenols is 1. The van der Waals surface area contributed by atoms with E-state index in [2.05, 4.69) is 16.0 Å². The van der Waals surface area contributed by atoms with Crippen molar-refractivity contribution in [3.63, 3.8) is 0 Å². The Morgan fingerprint density at radius 1 is 0.795 bits per heavy atom. The Labute approximate surface area is 231 Å². The van der Waals surface area contributed by atoms with Crippen LogP contribution in [0.15, 0.2) is 83.8 Å². The highest BCUT2D eigenvalue weighted by Crippen LogP contribution is 2.22. The van der Waals surface area contributed by atoms with E-state index in [9.17, 15) is 24.3 Å². The van der Waals surface area contributed by atoms with Gasteiger partial charge in [0.05, 0.1) is 19.1 Å². The van der Waals surface area contributed by atoms with Crippen LogP contribution < -0.4 is 21.7 Å². The highest BCUT2D eigenvalue weighted by atomic mass is 32.2. The largest absolute Gasteiger partial charge is 0.508 e. The Morgan fingerprint density at radius 3 is 2.08 bits per heavy atom. The third-order valence-corrected chi connectivity index (χ3v) is 6.73. The fourth-order valence-electron chi connectivity index (χ4n) is 3.60. The molecular weight excluding hydrogens is 516 g/mol. The number of aryl methyl sites for hydroxylation is 1. The fraction of sp³-hybridized carbons (Fsp3) is 0.241. The van der Waals surface area contributed by atoms with Crippen LogP contribution in [0.5, 0.6) is 5.75 Å². The van der Waals surface area contributed by atoms with Crippen molar-refractivity contribution >= 4 is 34.6 Å². The summed E-state index contributed by atoms with van der Waals surface area (Å²) >= 11 is 1.05. The molecule has 0 heterocycles. The first-order valence-electron chi connectivity index (χ1n) is 12.4. The maximum Gasteiger partial charge on any atom is 0.240 e. The molecule has 0 aliphatic carbocycles. The summed E-state index contributed by atoms with van der Waals surface area (Å²) in [4.78, 5) is 50.9. The summed E-state index contributed by atoms with van der Waals surface area (Å²) in [6.07, 6.45) is 0.529. The second-order valence-electron chi connectivity index (χ2n) is 9.02. The molecule has 3 amide bonds. The standard InChI is InChI=1S/C29H32N4O5S/c1-19-7-13-23(14-8-19)39-29(38)25(16-20-5-3-2-4-6-20)33-27(36)18-31-26(35)17-32-28(37)24(30)15-21-9-11-22(34)12-10-21/h2-14,24-25,34H,15-18,30H2,1H3,(H,31,35)(H,32,37)(H,33,36)/t24-,25-/m0/s1. The van der Waals surface area contributed by atoms with Gasteiger partial charge in [-0.05, 0) is 60.5 Å². The lowest BCUT2D eigenvalue weighted by molar-refractivity contribution is -0.128. The Morgan fingerprint density at radius 2 is 1.41 bits per heavy atom. The van der Waals surface area contributed by atoms with Gasteiger partial charge in [-0.15, -0.1) is 0 Å². The van der Waals surface area contributed by atoms with E-state index in [0.29, 0.717) is 6.42 Å². The summed E-state index contributed by atoms with van der Waals surface area (Å²) in [5.41, 5.74) is 8.62. The molecule has 9 nitrogen and oxygen atoms in total. The zero-order chi connectivity index (χ0) is 28.2. The normalized spacial score (nSPS) is 12.2. The van der Waals surface area contributed by atoms with Gasteiger partial charge >= 0.3 is 0 Å². The number of aromatic hydroxyl groups is 1. The van der Waals surface area contributed by atoms with Crippen LogP contribution in [0, 0.1) is 6.92 Å². The van der Waals surface area contributed by atoms with E-state index in [1.807, 2.05) is 61.5 Å². The minimum Gasteiger partial charge on any atom is -0.508 e.